The van der Waals surface area contributed by atoms with Gasteiger partial charge in [0.15, 0.2) is 0 Å². The first-order chi connectivity index (χ1) is 9.97. The monoisotopic (exact) mass is 287 g/mol. The summed E-state index contributed by atoms with van der Waals surface area (Å²) in [5.41, 5.74) is 3.20. The predicted octanol–water partition coefficient (Wildman–Crippen LogP) is 2.83. The molecule has 1 saturated carbocycles. The third-order valence-corrected chi connectivity index (χ3v) is 4.48. The van der Waals surface area contributed by atoms with E-state index in [-0.39, 0.29) is 18.0 Å². The van der Waals surface area contributed by atoms with Crippen LogP contribution in [-0.4, -0.2) is 27.9 Å². The SMILES string of the molecule is Cc1cc(C)cc(C2C(C(=O)O)CCC(=O)N2C2CC2)c1. The van der Waals surface area contributed by atoms with Gasteiger partial charge in [0.05, 0.1) is 12.0 Å². The Balaban J connectivity index is 2.05. The first-order valence-corrected chi connectivity index (χ1v) is 7.59. The maximum absolute atomic E-state index is 12.3. The summed E-state index contributed by atoms with van der Waals surface area (Å²) in [5.74, 6) is -1.18. The van der Waals surface area contributed by atoms with Crippen LogP contribution >= 0.6 is 0 Å². The molecule has 112 valence electrons. The van der Waals surface area contributed by atoms with Crippen LogP contribution in [0.1, 0.15) is 48.4 Å². The van der Waals surface area contributed by atoms with Crippen LogP contribution in [0.25, 0.3) is 0 Å². The second-order valence-corrected chi connectivity index (χ2v) is 6.38. The lowest BCUT2D eigenvalue weighted by molar-refractivity contribution is -0.152. The molecule has 1 heterocycles. The van der Waals surface area contributed by atoms with Crippen LogP contribution in [0.15, 0.2) is 18.2 Å². The Bertz CT molecular complexity index is 571. The van der Waals surface area contributed by atoms with E-state index in [4.69, 9.17) is 0 Å². The molecule has 0 aromatic heterocycles. The number of carboxylic acid groups (broad SMARTS) is 1. The normalized spacial score (nSPS) is 26.0. The molecular weight excluding hydrogens is 266 g/mol. The van der Waals surface area contributed by atoms with Crippen LogP contribution in [-0.2, 0) is 9.59 Å². The van der Waals surface area contributed by atoms with Gasteiger partial charge in [-0.2, -0.15) is 0 Å². The molecule has 2 atom stereocenters. The Kier molecular flexibility index (Phi) is 3.47. The summed E-state index contributed by atoms with van der Waals surface area (Å²) in [7, 11) is 0. The van der Waals surface area contributed by atoms with Gasteiger partial charge in [-0.05, 0) is 38.7 Å². The number of aryl methyl sites for hydroxylation is 2. The standard InChI is InChI=1S/C17H21NO3/c1-10-7-11(2)9-12(8-10)16-14(17(20)21)5-6-15(19)18(16)13-3-4-13/h7-9,13-14,16H,3-6H2,1-2H3,(H,20,21). The Morgan fingerprint density at radius 3 is 2.29 bits per heavy atom. The van der Waals surface area contributed by atoms with E-state index < -0.39 is 11.9 Å². The Morgan fingerprint density at radius 2 is 1.76 bits per heavy atom. The van der Waals surface area contributed by atoms with E-state index in [0.717, 1.165) is 29.5 Å². The third kappa shape index (κ3) is 2.67. The zero-order valence-electron chi connectivity index (χ0n) is 12.5. The van der Waals surface area contributed by atoms with E-state index in [1.54, 1.807) is 0 Å². The highest BCUT2D eigenvalue weighted by Gasteiger charge is 2.46. The number of piperidine rings is 1. The van der Waals surface area contributed by atoms with E-state index in [1.165, 1.54) is 0 Å². The van der Waals surface area contributed by atoms with Crippen LogP contribution in [0.4, 0.5) is 0 Å². The molecule has 1 amide bonds. The highest BCUT2D eigenvalue weighted by molar-refractivity contribution is 5.82. The lowest BCUT2D eigenvalue weighted by Crippen LogP contribution is -2.46. The van der Waals surface area contributed by atoms with Crippen LogP contribution in [0.3, 0.4) is 0 Å². The van der Waals surface area contributed by atoms with Gasteiger partial charge >= 0.3 is 5.97 Å². The topological polar surface area (TPSA) is 57.6 Å². The van der Waals surface area contributed by atoms with E-state index >= 15 is 0 Å². The summed E-state index contributed by atoms with van der Waals surface area (Å²) in [5, 5.41) is 9.58. The molecule has 3 rings (SSSR count). The number of carbonyl (C=O) groups excluding carboxylic acids is 1. The Labute approximate surface area is 124 Å². The van der Waals surface area contributed by atoms with Gasteiger partial charge in [-0.1, -0.05) is 29.3 Å². The van der Waals surface area contributed by atoms with Crippen molar-refractivity contribution < 1.29 is 14.7 Å². The van der Waals surface area contributed by atoms with Gasteiger partial charge in [0.25, 0.3) is 0 Å². The highest BCUT2D eigenvalue weighted by atomic mass is 16.4. The molecule has 4 heteroatoms. The van der Waals surface area contributed by atoms with E-state index in [1.807, 2.05) is 30.9 Å². The largest absolute Gasteiger partial charge is 0.481 e. The third-order valence-electron chi connectivity index (χ3n) is 4.48. The van der Waals surface area contributed by atoms with Crippen molar-refractivity contribution in [3.05, 3.63) is 34.9 Å². The average molecular weight is 287 g/mol. The number of hydrogen-bond donors (Lipinski definition) is 1. The van der Waals surface area contributed by atoms with Gasteiger partial charge in [0, 0.05) is 12.5 Å². The molecule has 0 radical (unpaired) electrons. The fourth-order valence-corrected chi connectivity index (χ4v) is 3.53. The zero-order chi connectivity index (χ0) is 15.1. The molecule has 1 aliphatic heterocycles. The minimum Gasteiger partial charge on any atom is -0.481 e. The predicted molar refractivity (Wildman–Crippen MR) is 78.9 cm³/mol. The summed E-state index contributed by atoms with van der Waals surface area (Å²) in [6.07, 6.45) is 2.79. The van der Waals surface area contributed by atoms with Crippen LogP contribution in [0.5, 0.6) is 0 Å². The summed E-state index contributed by atoms with van der Waals surface area (Å²) < 4.78 is 0. The summed E-state index contributed by atoms with van der Waals surface area (Å²) in [6, 6.07) is 6.06. The molecule has 21 heavy (non-hydrogen) atoms. The minimum absolute atomic E-state index is 0.110. The van der Waals surface area contributed by atoms with Crippen molar-refractivity contribution in [3.63, 3.8) is 0 Å². The molecular formula is C17H21NO3. The number of nitrogens with zero attached hydrogens (tertiary/aromatic N) is 1. The van der Waals surface area contributed by atoms with Gasteiger partial charge in [0.1, 0.15) is 0 Å². The van der Waals surface area contributed by atoms with E-state index in [2.05, 4.69) is 6.07 Å². The summed E-state index contributed by atoms with van der Waals surface area (Å²) in [4.78, 5) is 25.9. The molecule has 1 N–H and O–H groups in total. The molecule has 1 aliphatic carbocycles. The Morgan fingerprint density at radius 1 is 1.14 bits per heavy atom. The molecule has 2 fully saturated rings. The molecule has 2 aliphatic rings. The molecule has 1 saturated heterocycles. The van der Waals surface area contributed by atoms with Gasteiger partial charge in [-0.3, -0.25) is 9.59 Å². The second-order valence-electron chi connectivity index (χ2n) is 6.38. The van der Waals surface area contributed by atoms with Crippen molar-refractivity contribution in [1.82, 2.24) is 4.90 Å². The summed E-state index contributed by atoms with van der Waals surface area (Å²) >= 11 is 0. The van der Waals surface area contributed by atoms with Crippen molar-refractivity contribution in [1.29, 1.82) is 0 Å². The molecule has 2 unspecified atom stereocenters. The van der Waals surface area contributed by atoms with E-state index in [0.29, 0.717) is 12.8 Å². The van der Waals surface area contributed by atoms with E-state index in [9.17, 15) is 14.7 Å². The zero-order valence-corrected chi connectivity index (χ0v) is 12.5. The molecule has 1 aromatic rings. The van der Waals surface area contributed by atoms with Crippen molar-refractivity contribution in [2.24, 2.45) is 5.92 Å². The van der Waals surface area contributed by atoms with Crippen molar-refractivity contribution in [2.75, 3.05) is 0 Å². The van der Waals surface area contributed by atoms with Crippen LogP contribution < -0.4 is 0 Å². The summed E-state index contributed by atoms with van der Waals surface area (Å²) in [6.45, 7) is 4.02. The fourth-order valence-electron chi connectivity index (χ4n) is 3.53. The first-order valence-electron chi connectivity index (χ1n) is 7.59. The molecule has 0 spiro atoms. The Hall–Kier alpha value is -1.84. The first kappa shape index (κ1) is 14.1. The quantitative estimate of drug-likeness (QED) is 0.930. The number of amides is 1. The number of rotatable bonds is 3. The maximum Gasteiger partial charge on any atom is 0.308 e. The molecule has 0 bridgehead atoms. The fraction of sp³-hybridized carbons (Fsp3) is 0.529. The average Bonchev–Trinajstić information content (AvgIpc) is 3.20. The van der Waals surface area contributed by atoms with Crippen LogP contribution in [0, 0.1) is 19.8 Å². The van der Waals surface area contributed by atoms with Crippen molar-refractivity contribution >= 4 is 11.9 Å². The van der Waals surface area contributed by atoms with Gasteiger partial charge in [-0.15, -0.1) is 0 Å². The molecule has 4 nitrogen and oxygen atoms in total. The highest BCUT2D eigenvalue weighted by Crippen LogP contribution is 2.43. The lowest BCUT2D eigenvalue weighted by atomic mass is 9.83. The van der Waals surface area contributed by atoms with Gasteiger partial charge in [-0.25, -0.2) is 0 Å². The lowest BCUT2D eigenvalue weighted by Gasteiger charge is -2.40. The van der Waals surface area contributed by atoms with Crippen LogP contribution in [0.2, 0.25) is 0 Å². The number of benzene rings is 1. The number of carbonyl (C=O) groups is 2. The number of hydrogen-bond acceptors (Lipinski definition) is 2. The van der Waals surface area contributed by atoms with Gasteiger partial charge < -0.3 is 10.0 Å². The smallest absolute Gasteiger partial charge is 0.308 e. The number of likely N-dealkylation sites (tertiary alicyclic amines) is 1. The minimum atomic E-state index is -0.794. The number of aliphatic carboxylic acids is 1. The maximum atomic E-state index is 12.3. The molecule has 1 aromatic carbocycles. The second kappa shape index (κ2) is 5.17. The van der Waals surface area contributed by atoms with Crippen molar-refractivity contribution in [2.45, 2.75) is 51.6 Å². The van der Waals surface area contributed by atoms with Gasteiger partial charge in [0.2, 0.25) is 5.91 Å². The number of carboxylic acids is 1. The van der Waals surface area contributed by atoms with Crippen molar-refractivity contribution in [3.8, 4) is 0 Å².